The number of methoxy groups -OCH3 is 1. The molecule has 0 bridgehead atoms. The maximum atomic E-state index is 12.4. The van der Waals surface area contributed by atoms with Gasteiger partial charge >= 0.3 is 0 Å². The van der Waals surface area contributed by atoms with E-state index in [1.165, 1.54) is 0 Å². The van der Waals surface area contributed by atoms with Crippen LogP contribution in [0.15, 0.2) is 46.9 Å². The molecule has 2 rings (SSSR count). The largest absolute Gasteiger partial charge is 0.497 e. The van der Waals surface area contributed by atoms with Gasteiger partial charge in [0.05, 0.1) is 13.7 Å². The van der Waals surface area contributed by atoms with Crippen LogP contribution in [0.1, 0.15) is 22.8 Å². The summed E-state index contributed by atoms with van der Waals surface area (Å²) in [4.78, 5) is 12.4. The molecular formula is C17H17BrO3. The van der Waals surface area contributed by atoms with Crippen LogP contribution in [-0.2, 0) is 6.42 Å². The lowest BCUT2D eigenvalue weighted by atomic mass is 10.0. The minimum absolute atomic E-state index is 0.0468. The fourth-order valence-corrected chi connectivity index (χ4v) is 2.40. The zero-order valence-corrected chi connectivity index (χ0v) is 13.6. The van der Waals surface area contributed by atoms with Crippen molar-refractivity contribution in [2.75, 3.05) is 13.7 Å². The number of rotatable bonds is 6. The fourth-order valence-electron chi connectivity index (χ4n) is 2.01. The van der Waals surface area contributed by atoms with Gasteiger partial charge in [-0.3, -0.25) is 4.79 Å². The molecule has 0 fully saturated rings. The Morgan fingerprint density at radius 3 is 2.67 bits per heavy atom. The van der Waals surface area contributed by atoms with Crippen molar-refractivity contribution in [2.45, 2.75) is 13.3 Å². The summed E-state index contributed by atoms with van der Waals surface area (Å²) in [6, 6.07) is 12.9. The summed E-state index contributed by atoms with van der Waals surface area (Å²) in [6.45, 7) is 2.50. The third-order valence-corrected chi connectivity index (χ3v) is 3.84. The van der Waals surface area contributed by atoms with Gasteiger partial charge in [0.2, 0.25) is 0 Å². The minimum atomic E-state index is 0.0468. The van der Waals surface area contributed by atoms with Crippen LogP contribution >= 0.6 is 15.9 Å². The first-order valence-corrected chi connectivity index (χ1v) is 7.51. The third-order valence-electron chi connectivity index (χ3n) is 3.07. The Hall–Kier alpha value is -1.81. The van der Waals surface area contributed by atoms with Gasteiger partial charge in [-0.05, 0) is 42.8 Å². The van der Waals surface area contributed by atoms with Crippen LogP contribution in [-0.4, -0.2) is 19.5 Å². The summed E-state index contributed by atoms with van der Waals surface area (Å²) in [5.41, 5.74) is 1.55. The van der Waals surface area contributed by atoms with Gasteiger partial charge < -0.3 is 9.47 Å². The lowest BCUT2D eigenvalue weighted by Gasteiger charge is -2.08. The molecule has 2 aromatic rings. The first kappa shape index (κ1) is 15.6. The van der Waals surface area contributed by atoms with Crippen molar-refractivity contribution < 1.29 is 14.3 Å². The number of Topliss-reactive ketones (excluding diaryl/α,β-unsaturated/α-hetero) is 1. The van der Waals surface area contributed by atoms with E-state index in [2.05, 4.69) is 15.9 Å². The molecule has 0 heterocycles. The Balaban J connectivity index is 2.19. The summed E-state index contributed by atoms with van der Waals surface area (Å²) in [7, 11) is 1.61. The molecule has 0 saturated heterocycles. The van der Waals surface area contributed by atoms with E-state index in [1.807, 2.05) is 37.3 Å². The highest BCUT2D eigenvalue weighted by atomic mass is 79.9. The van der Waals surface area contributed by atoms with Crippen molar-refractivity contribution in [3.8, 4) is 11.5 Å². The van der Waals surface area contributed by atoms with Crippen molar-refractivity contribution in [1.29, 1.82) is 0 Å². The van der Waals surface area contributed by atoms with Gasteiger partial charge in [-0.2, -0.15) is 0 Å². The summed E-state index contributed by atoms with van der Waals surface area (Å²) >= 11 is 3.47. The van der Waals surface area contributed by atoms with Gasteiger partial charge in [0.15, 0.2) is 5.78 Å². The molecule has 0 N–H and O–H groups in total. The number of ketones is 1. The van der Waals surface area contributed by atoms with Crippen LogP contribution in [0.25, 0.3) is 0 Å². The van der Waals surface area contributed by atoms with E-state index in [9.17, 15) is 4.79 Å². The molecule has 0 atom stereocenters. The lowest BCUT2D eigenvalue weighted by molar-refractivity contribution is 0.0992. The third kappa shape index (κ3) is 4.08. The van der Waals surface area contributed by atoms with E-state index >= 15 is 0 Å². The molecule has 0 amide bonds. The smallest absolute Gasteiger partial charge is 0.167 e. The zero-order valence-electron chi connectivity index (χ0n) is 12.1. The number of hydrogen-bond acceptors (Lipinski definition) is 3. The number of carbonyl (C=O) groups excluding carboxylic acids is 1. The van der Waals surface area contributed by atoms with Crippen molar-refractivity contribution >= 4 is 21.7 Å². The number of ether oxygens (including phenoxy) is 2. The Labute approximate surface area is 133 Å². The summed E-state index contributed by atoms with van der Waals surface area (Å²) in [5.74, 6) is 1.50. The first-order valence-electron chi connectivity index (χ1n) is 6.72. The number of benzene rings is 2. The van der Waals surface area contributed by atoms with E-state index in [0.29, 0.717) is 24.3 Å². The van der Waals surface area contributed by atoms with Gasteiger partial charge in [0.25, 0.3) is 0 Å². The Morgan fingerprint density at radius 1 is 1.14 bits per heavy atom. The highest BCUT2D eigenvalue weighted by Crippen LogP contribution is 2.24. The van der Waals surface area contributed by atoms with E-state index in [4.69, 9.17) is 9.47 Å². The molecule has 0 aliphatic rings. The highest BCUT2D eigenvalue weighted by molar-refractivity contribution is 9.10. The maximum absolute atomic E-state index is 12.4. The second-order valence-corrected chi connectivity index (χ2v) is 5.37. The minimum Gasteiger partial charge on any atom is -0.497 e. The monoisotopic (exact) mass is 348 g/mol. The predicted octanol–water partition coefficient (Wildman–Crippen LogP) is 4.28. The molecule has 0 unspecified atom stereocenters. The first-order chi connectivity index (χ1) is 10.1. The summed E-state index contributed by atoms with van der Waals surface area (Å²) in [5, 5.41) is 0. The van der Waals surface area contributed by atoms with Crippen molar-refractivity contribution in [1.82, 2.24) is 0 Å². The van der Waals surface area contributed by atoms with Crippen LogP contribution in [0, 0.1) is 0 Å². The summed E-state index contributed by atoms with van der Waals surface area (Å²) in [6.07, 6.45) is 0.313. The predicted molar refractivity (Wildman–Crippen MR) is 86.3 cm³/mol. The van der Waals surface area contributed by atoms with Crippen LogP contribution in [0.5, 0.6) is 11.5 Å². The van der Waals surface area contributed by atoms with Gasteiger partial charge in [-0.25, -0.2) is 0 Å². The van der Waals surface area contributed by atoms with E-state index in [1.54, 1.807) is 19.2 Å². The molecule has 0 aliphatic heterocycles. The molecule has 110 valence electrons. The number of hydrogen-bond donors (Lipinski definition) is 0. The van der Waals surface area contributed by atoms with E-state index in [-0.39, 0.29) is 5.78 Å². The van der Waals surface area contributed by atoms with Crippen LogP contribution in [0.2, 0.25) is 0 Å². The van der Waals surface area contributed by atoms with Crippen LogP contribution in [0.4, 0.5) is 0 Å². The van der Waals surface area contributed by atoms with Gasteiger partial charge in [-0.1, -0.05) is 28.1 Å². The van der Waals surface area contributed by atoms with E-state index < -0.39 is 0 Å². The van der Waals surface area contributed by atoms with Crippen molar-refractivity contribution in [3.63, 3.8) is 0 Å². The van der Waals surface area contributed by atoms with Crippen LogP contribution < -0.4 is 9.47 Å². The molecule has 0 aliphatic carbocycles. The summed E-state index contributed by atoms with van der Waals surface area (Å²) < 4.78 is 11.5. The standard InChI is InChI=1S/C17H17BrO3/c1-3-21-15-6-4-5-12(9-15)17(19)11-13-10-14(20-2)7-8-16(13)18/h4-10H,3,11H2,1-2H3. The topological polar surface area (TPSA) is 35.5 Å². The zero-order chi connectivity index (χ0) is 15.2. The van der Waals surface area contributed by atoms with E-state index in [0.717, 1.165) is 15.8 Å². The molecule has 0 radical (unpaired) electrons. The molecule has 0 spiro atoms. The molecule has 2 aromatic carbocycles. The average molecular weight is 349 g/mol. The quantitative estimate of drug-likeness (QED) is 0.730. The molecule has 0 saturated carbocycles. The second kappa shape index (κ2) is 7.27. The number of halogens is 1. The Morgan fingerprint density at radius 2 is 1.95 bits per heavy atom. The normalized spacial score (nSPS) is 10.2. The Kier molecular flexibility index (Phi) is 5.39. The maximum Gasteiger partial charge on any atom is 0.167 e. The van der Waals surface area contributed by atoms with Gasteiger partial charge in [0.1, 0.15) is 11.5 Å². The molecular weight excluding hydrogens is 332 g/mol. The lowest BCUT2D eigenvalue weighted by Crippen LogP contribution is -2.05. The molecule has 4 heteroatoms. The van der Waals surface area contributed by atoms with Crippen molar-refractivity contribution in [3.05, 3.63) is 58.1 Å². The second-order valence-electron chi connectivity index (χ2n) is 4.52. The van der Waals surface area contributed by atoms with Gasteiger partial charge in [-0.15, -0.1) is 0 Å². The fraction of sp³-hybridized carbons (Fsp3) is 0.235. The highest BCUT2D eigenvalue weighted by Gasteiger charge is 2.11. The molecule has 3 nitrogen and oxygen atoms in total. The average Bonchev–Trinajstić information content (AvgIpc) is 2.50. The number of carbonyl (C=O) groups is 1. The van der Waals surface area contributed by atoms with Gasteiger partial charge in [0, 0.05) is 16.5 Å². The van der Waals surface area contributed by atoms with Crippen LogP contribution in [0.3, 0.4) is 0 Å². The van der Waals surface area contributed by atoms with Crippen molar-refractivity contribution in [2.24, 2.45) is 0 Å². The Bertz CT molecular complexity index is 638. The molecule has 21 heavy (non-hydrogen) atoms. The SMILES string of the molecule is CCOc1cccc(C(=O)Cc2cc(OC)ccc2Br)c1. The molecule has 0 aromatic heterocycles.